The van der Waals surface area contributed by atoms with Crippen molar-refractivity contribution in [3.63, 3.8) is 0 Å². The van der Waals surface area contributed by atoms with Gasteiger partial charge in [0.05, 0.1) is 0 Å². The van der Waals surface area contributed by atoms with Gasteiger partial charge in [-0.3, -0.25) is 0 Å². The van der Waals surface area contributed by atoms with E-state index in [1.165, 1.54) is 5.56 Å². The number of hydrogen-bond donors (Lipinski definition) is 0. The highest BCUT2D eigenvalue weighted by atomic mass is 16.5. The number of rotatable bonds is 5. The van der Waals surface area contributed by atoms with Gasteiger partial charge in [0, 0.05) is 0 Å². The molecule has 3 aromatic rings. The van der Waals surface area contributed by atoms with E-state index in [0.29, 0.717) is 6.61 Å². The lowest BCUT2D eigenvalue weighted by Crippen LogP contribution is -1.95. The Labute approximate surface area is 131 Å². The topological polar surface area (TPSA) is 18.5 Å². The van der Waals surface area contributed by atoms with Crippen LogP contribution in [-0.4, -0.2) is 0 Å². The van der Waals surface area contributed by atoms with Crippen molar-refractivity contribution >= 4 is 0 Å². The summed E-state index contributed by atoms with van der Waals surface area (Å²) in [5.41, 5.74) is 2.31. The largest absolute Gasteiger partial charge is 0.489 e. The molecule has 0 aliphatic rings. The molecule has 3 rings (SSSR count). The quantitative estimate of drug-likeness (QED) is 0.629. The maximum atomic E-state index is 5.83. The van der Waals surface area contributed by atoms with Crippen molar-refractivity contribution in [2.75, 3.05) is 0 Å². The summed E-state index contributed by atoms with van der Waals surface area (Å²) in [5.74, 6) is 2.52. The zero-order valence-corrected chi connectivity index (χ0v) is 12.5. The van der Waals surface area contributed by atoms with E-state index < -0.39 is 0 Å². The first-order chi connectivity index (χ1) is 10.8. The zero-order valence-electron chi connectivity index (χ0n) is 12.5. The van der Waals surface area contributed by atoms with Crippen molar-refractivity contribution in [1.82, 2.24) is 0 Å². The molecule has 0 bridgehead atoms. The van der Waals surface area contributed by atoms with E-state index in [4.69, 9.17) is 9.47 Å². The number of ether oxygens (including phenoxy) is 2. The molecule has 0 radical (unpaired) electrons. The molecule has 0 saturated carbocycles. The van der Waals surface area contributed by atoms with Crippen LogP contribution < -0.4 is 9.47 Å². The van der Waals surface area contributed by atoms with Gasteiger partial charge in [-0.15, -0.1) is 0 Å². The molecular formula is C20H18O2. The van der Waals surface area contributed by atoms with Crippen LogP contribution in [0.25, 0.3) is 0 Å². The predicted molar refractivity (Wildman–Crippen MR) is 88.5 cm³/mol. The van der Waals surface area contributed by atoms with Crippen molar-refractivity contribution in [2.45, 2.75) is 13.5 Å². The van der Waals surface area contributed by atoms with Gasteiger partial charge in [0.2, 0.25) is 0 Å². The average molecular weight is 290 g/mol. The maximum Gasteiger partial charge on any atom is 0.127 e. The molecule has 3 aromatic carbocycles. The normalized spacial score (nSPS) is 10.2. The van der Waals surface area contributed by atoms with Crippen molar-refractivity contribution < 1.29 is 9.47 Å². The second-order valence-electron chi connectivity index (χ2n) is 5.16. The number of para-hydroxylation sites is 1. The highest BCUT2D eigenvalue weighted by molar-refractivity contribution is 5.34. The summed E-state index contributed by atoms with van der Waals surface area (Å²) in [7, 11) is 0. The van der Waals surface area contributed by atoms with E-state index in [9.17, 15) is 0 Å². The molecule has 0 saturated heterocycles. The standard InChI is InChI=1S/C20H18O2/c1-16-10-12-18(13-11-16)21-15-17-6-5-9-20(14-17)22-19-7-3-2-4-8-19/h2-14H,15H2,1H3. The SMILES string of the molecule is Cc1ccc(OCc2cccc(Oc3ccccc3)c2)cc1. The Balaban J connectivity index is 1.65. The molecule has 110 valence electrons. The lowest BCUT2D eigenvalue weighted by atomic mass is 10.2. The third kappa shape index (κ3) is 3.89. The third-order valence-corrected chi connectivity index (χ3v) is 3.30. The molecule has 2 heteroatoms. The molecule has 0 unspecified atom stereocenters. The molecule has 0 aliphatic heterocycles. The van der Waals surface area contributed by atoms with Crippen LogP contribution in [0.1, 0.15) is 11.1 Å². The lowest BCUT2D eigenvalue weighted by molar-refractivity contribution is 0.305. The first-order valence-corrected chi connectivity index (χ1v) is 7.31. The van der Waals surface area contributed by atoms with Gasteiger partial charge in [-0.1, -0.05) is 48.0 Å². The van der Waals surface area contributed by atoms with Gasteiger partial charge in [-0.05, 0) is 48.9 Å². The number of aryl methyl sites for hydroxylation is 1. The number of hydrogen-bond acceptors (Lipinski definition) is 2. The molecule has 0 amide bonds. The van der Waals surface area contributed by atoms with Gasteiger partial charge in [-0.25, -0.2) is 0 Å². The van der Waals surface area contributed by atoms with Crippen LogP contribution in [0.15, 0.2) is 78.9 Å². The minimum absolute atomic E-state index is 0.523. The van der Waals surface area contributed by atoms with Crippen molar-refractivity contribution in [3.8, 4) is 17.2 Å². The van der Waals surface area contributed by atoms with Crippen LogP contribution >= 0.6 is 0 Å². The first-order valence-electron chi connectivity index (χ1n) is 7.31. The van der Waals surface area contributed by atoms with Gasteiger partial charge < -0.3 is 9.47 Å². The predicted octanol–water partition coefficient (Wildman–Crippen LogP) is 5.37. The highest BCUT2D eigenvalue weighted by Gasteiger charge is 2.00. The van der Waals surface area contributed by atoms with Gasteiger partial charge in [0.1, 0.15) is 23.9 Å². The Hall–Kier alpha value is -2.74. The minimum atomic E-state index is 0.523. The summed E-state index contributed by atoms with van der Waals surface area (Å²) in [6, 6.07) is 25.8. The van der Waals surface area contributed by atoms with E-state index in [1.807, 2.05) is 78.9 Å². The second-order valence-corrected chi connectivity index (χ2v) is 5.16. The van der Waals surface area contributed by atoms with Gasteiger partial charge in [0.15, 0.2) is 0 Å². The Bertz CT molecular complexity index is 718. The maximum absolute atomic E-state index is 5.83. The molecule has 0 atom stereocenters. The molecule has 0 fully saturated rings. The summed E-state index contributed by atoms with van der Waals surface area (Å²) < 4.78 is 11.6. The fourth-order valence-corrected chi connectivity index (χ4v) is 2.12. The van der Waals surface area contributed by atoms with E-state index >= 15 is 0 Å². The Morgan fingerprint density at radius 3 is 2.18 bits per heavy atom. The number of benzene rings is 3. The zero-order chi connectivity index (χ0) is 15.2. The van der Waals surface area contributed by atoms with E-state index in [1.54, 1.807) is 0 Å². The second kappa shape index (κ2) is 6.81. The molecule has 2 nitrogen and oxygen atoms in total. The lowest BCUT2D eigenvalue weighted by Gasteiger charge is -2.09. The van der Waals surface area contributed by atoms with Gasteiger partial charge >= 0.3 is 0 Å². The third-order valence-electron chi connectivity index (χ3n) is 3.30. The van der Waals surface area contributed by atoms with E-state index in [2.05, 4.69) is 6.92 Å². The van der Waals surface area contributed by atoms with Crippen LogP contribution in [0.5, 0.6) is 17.2 Å². The fraction of sp³-hybridized carbons (Fsp3) is 0.100. The molecule has 22 heavy (non-hydrogen) atoms. The molecule has 0 spiro atoms. The van der Waals surface area contributed by atoms with Gasteiger partial charge in [-0.2, -0.15) is 0 Å². The smallest absolute Gasteiger partial charge is 0.127 e. The minimum Gasteiger partial charge on any atom is -0.489 e. The summed E-state index contributed by atoms with van der Waals surface area (Å²) in [6.07, 6.45) is 0. The Morgan fingerprint density at radius 2 is 1.41 bits per heavy atom. The average Bonchev–Trinajstić information content (AvgIpc) is 2.56. The highest BCUT2D eigenvalue weighted by Crippen LogP contribution is 2.22. The molecule has 0 heterocycles. The van der Waals surface area contributed by atoms with Crippen LogP contribution in [0, 0.1) is 6.92 Å². The van der Waals surface area contributed by atoms with Crippen LogP contribution in [0.3, 0.4) is 0 Å². The molecular weight excluding hydrogens is 272 g/mol. The molecule has 0 aliphatic carbocycles. The summed E-state index contributed by atoms with van der Waals surface area (Å²) in [6.45, 7) is 2.59. The van der Waals surface area contributed by atoms with Crippen molar-refractivity contribution in [3.05, 3.63) is 90.0 Å². The van der Waals surface area contributed by atoms with Crippen LogP contribution in [0.4, 0.5) is 0 Å². The molecule has 0 aromatic heterocycles. The Morgan fingerprint density at radius 1 is 0.682 bits per heavy atom. The summed E-state index contributed by atoms with van der Waals surface area (Å²) in [4.78, 5) is 0. The van der Waals surface area contributed by atoms with E-state index in [0.717, 1.165) is 22.8 Å². The summed E-state index contributed by atoms with van der Waals surface area (Å²) in [5, 5.41) is 0. The van der Waals surface area contributed by atoms with E-state index in [-0.39, 0.29) is 0 Å². The first kappa shape index (κ1) is 14.2. The van der Waals surface area contributed by atoms with Crippen LogP contribution in [0.2, 0.25) is 0 Å². The fourth-order valence-electron chi connectivity index (χ4n) is 2.12. The molecule has 0 N–H and O–H groups in total. The van der Waals surface area contributed by atoms with Gasteiger partial charge in [0.25, 0.3) is 0 Å². The Kier molecular flexibility index (Phi) is 4.40. The monoisotopic (exact) mass is 290 g/mol. The van der Waals surface area contributed by atoms with Crippen LogP contribution in [-0.2, 0) is 6.61 Å². The van der Waals surface area contributed by atoms with Crippen molar-refractivity contribution in [1.29, 1.82) is 0 Å². The summed E-state index contributed by atoms with van der Waals surface area (Å²) >= 11 is 0. The van der Waals surface area contributed by atoms with Crippen molar-refractivity contribution in [2.24, 2.45) is 0 Å².